The molecule has 1 aliphatic heterocycles. The summed E-state index contributed by atoms with van der Waals surface area (Å²) in [5.41, 5.74) is 1.56. The Morgan fingerprint density at radius 1 is 1.44 bits per heavy atom. The molecule has 0 bridgehead atoms. The van der Waals surface area contributed by atoms with Gasteiger partial charge in [-0.05, 0) is 43.5 Å². The Kier molecular flexibility index (Phi) is 3.62. The number of carboxylic acid groups (broad SMARTS) is 1. The zero-order valence-electron chi connectivity index (χ0n) is 10.1. The minimum Gasteiger partial charge on any atom is -0.478 e. The lowest BCUT2D eigenvalue weighted by Gasteiger charge is -2.12. The number of carboxylic acids is 1. The highest BCUT2D eigenvalue weighted by molar-refractivity contribution is 5.96. The molecule has 5 heteroatoms. The van der Waals surface area contributed by atoms with E-state index in [0.29, 0.717) is 12.3 Å². The van der Waals surface area contributed by atoms with Gasteiger partial charge in [-0.1, -0.05) is 0 Å². The molecule has 0 radical (unpaired) electrons. The van der Waals surface area contributed by atoms with Crippen molar-refractivity contribution < 1.29 is 19.4 Å². The number of aryl methyl sites for hydroxylation is 1. The summed E-state index contributed by atoms with van der Waals surface area (Å²) < 4.78 is 5.28. The number of amides is 1. The van der Waals surface area contributed by atoms with Crippen LogP contribution in [0.2, 0.25) is 0 Å². The Bertz CT molecular complexity index is 478. The normalized spacial score (nSPS) is 18.6. The smallest absolute Gasteiger partial charge is 0.335 e. The van der Waals surface area contributed by atoms with Gasteiger partial charge in [-0.2, -0.15) is 0 Å². The fourth-order valence-electron chi connectivity index (χ4n) is 1.93. The SMILES string of the molecule is Cc1cc(C(=O)O)ccc1NC(=O)[C@H]1CCCO1. The number of carbonyl (C=O) groups is 2. The first-order valence-electron chi connectivity index (χ1n) is 5.84. The van der Waals surface area contributed by atoms with Crippen molar-refractivity contribution in [2.75, 3.05) is 11.9 Å². The predicted molar refractivity (Wildman–Crippen MR) is 65.7 cm³/mol. The van der Waals surface area contributed by atoms with Gasteiger partial charge in [0.05, 0.1) is 5.56 Å². The number of hydrogen-bond donors (Lipinski definition) is 2. The maximum atomic E-state index is 11.8. The number of nitrogens with one attached hydrogen (secondary N) is 1. The number of aromatic carboxylic acids is 1. The van der Waals surface area contributed by atoms with Crippen molar-refractivity contribution in [2.24, 2.45) is 0 Å². The Hall–Kier alpha value is -1.88. The van der Waals surface area contributed by atoms with Crippen LogP contribution in [-0.4, -0.2) is 29.7 Å². The van der Waals surface area contributed by atoms with Crippen LogP contribution in [0.5, 0.6) is 0 Å². The van der Waals surface area contributed by atoms with E-state index in [0.717, 1.165) is 18.4 Å². The Morgan fingerprint density at radius 2 is 2.22 bits per heavy atom. The molecule has 0 spiro atoms. The van der Waals surface area contributed by atoms with Crippen LogP contribution in [0.15, 0.2) is 18.2 Å². The van der Waals surface area contributed by atoms with E-state index in [1.807, 2.05) is 0 Å². The summed E-state index contributed by atoms with van der Waals surface area (Å²) in [5.74, 6) is -1.14. The molecule has 96 valence electrons. The molecule has 1 aromatic carbocycles. The molecule has 1 atom stereocenters. The predicted octanol–water partition coefficient (Wildman–Crippen LogP) is 1.81. The third-order valence-electron chi connectivity index (χ3n) is 2.95. The highest BCUT2D eigenvalue weighted by Gasteiger charge is 2.23. The molecule has 1 fully saturated rings. The lowest BCUT2D eigenvalue weighted by Crippen LogP contribution is -2.27. The number of anilines is 1. The average molecular weight is 249 g/mol. The van der Waals surface area contributed by atoms with Gasteiger partial charge in [-0.3, -0.25) is 4.79 Å². The van der Waals surface area contributed by atoms with Gasteiger partial charge in [0.25, 0.3) is 5.91 Å². The van der Waals surface area contributed by atoms with Gasteiger partial charge in [0.2, 0.25) is 0 Å². The summed E-state index contributed by atoms with van der Waals surface area (Å²) in [6, 6.07) is 4.61. The van der Waals surface area contributed by atoms with Gasteiger partial charge in [-0.25, -0.2) is 4.79 Å². The second kappa shape index (κ2) is 5.18. The van der Waals surface area contributed by atoms with Gasteiger partial charge in [-0.15, -0.1) is 0 Å². The van der Waals surface area contributed by atoms with E-state index in [1.54, 1.807) is 13.0 Å². The van der Waals surface area contributed by atoms with Crippen LogP contribution < -0.4 is 5.32 Å². The van der Waals surface area contributed by atoms with E-state index in [2.05, 4.69) is 5.32 Å². The first kappa shape index (κ1) is 12.6. The number of rotatable bonds is 3. The van der Waals surface area contributed by atoms with Crippen LogP contribution in [-0.2, 0) is 9.53 Å². The first-order chi connectivity index (χ1) is 8.58. The molecule has 18 heavy (non-hydrogen) atoms. The van der Waals surface area contributed by atoms with Crippen LogP contribution in [0.3, 0.4) is 0 Å². The number of benzene rings is 1. The number of hydrogen-bond acceptors (Lipinski definition) is 3. The van der Waals surface area contributed by atoms with Crippen LogP contribution in [0, 0.1) is 6.92 Å². The molecule has 0 saturated carbocycles. The van der Waals surface area contributed by atoms with Crippen LogP contribution >= 0.6 is 0 Å². The molecule has 0 unspecified atom stereocenters. The quantitative estimate of drug-likeness (QED) is 0.856. The first-order valence-corrected chi connectivity index (χ1v) is 5.84. The summed E-state index contributed by atoms with van der Waals surface area (Å²) in [6.07, 6.45) is 1.25. The molecule has 1 aliphatic rings. The zero-order chi connectivity index (χ0) is 13.1. The van der Waals surface area contributed by atoms with Crippen molar-refractivity contribution in [1.82, 2.24) is 0 Å². The standard InChI is InChI=1S/C13H15NO4/c1-8-7-9(13(16)17)4-5-10(8)14-12(15)11-3-2-6-18-11/h4-5,7,11H,2-3,6H2,1H3,(H,14,15)(H,16,17)/t11-/m1/s1. The maximum absolute atomic E-state index is 11.8. The van der Waals surface area contributed by atoms with Crippen molar-refractivity contribution in [3.63, 3.8) is 0 Å². The highest BCUT2D eigenvalue weighted by atomic mass is 16.5. The summed E-state index contributed by atoms with van der Waals surface area (Å²) in [4.78, 5) is 22.6. The Labute approximate surface area is 105 Å². The minimum absolute atomic E-state index is 0.168. The molecule has 2 rings (SSSR count). The van der Waals surface area contributed by atoms with Gasteiger partial charge in [0.1, 0.15) is 6.10 Å². The van der Waals surface area contributed by atoms with E-state index in [-0.39, 0.29) is 17.6 Å². The van der Waals surface area contributed by atoms with Crippen molar-refractivity contribution in [3.05, 3.63) is 29.3 Å². The molecular weight excluding hydrogens is 234 g/mol. The lowest BCUT2D eigenvalue weighted by atomic mass is 10.1. The van der Waals surface area contributed by atoms with Crippen molar-refractivity contribution in [2.45, 2.75) is 25.9 Å². The molecule has 1 amide bonds. The van der Waals surface area contributed by atoms with Gasteiger partial charge in [0.15, 0.2) is 0 Å². The molecule has 1 saturated heterocycles. The summed E-state index contributed by atoms with van der Waals surface area (Å²) in [6.45, 7) is 2.38. The lowest BCUT2D eigenvalue weighted by molar-refractivity contribution is -0.124. The van der Waals surface area contributed by atoms with Crippen molar-refractivity contribution in [3.8, 4) is 0 Å². The second-order valence-electron chi connectivity index (χ2n) is 4.33. The molecule has 1 heterocycles. The largest absolute Gasteiger partial charge is 0.478 e. The van der Waals surface area contributed by atoms with E-state index in [9.17, 15) is 9.59 Å². The molecule has 2 N–H and O–H groups in total. The molecule has 0 aromatic heterocycles. The van der Waals surface area contributed by atoms with Gasteiger partial charge in [0, 0.05) is 12.3 Å². The molecule has 5 nitrogen and oxygen atoms in total. The summed E-state index contributed by atoms with van der Waals surface area (Å²) in [5, 5.41) is 11.6. The average Bonchev–Trinajstić information content (AvgIpc) is 2.85. The van der Waals surface area contributed by atoms with Crippen molar-refractivity contribution >= 4 is 17.6 Å². The highest BCUT2D eigenvalue weighted by Crippen LogP contribution is 2.19. The Morgan fingerprint density at radius 3 is 2.78 bits per heavy atom. The third-order valence-corrected chi connectivity index (χ3v) is 2.95. The zero-order valence-corrected chi connectivity index (χ0v) is 10.1. The van der Waals surface area contributed by atoms with Crippen LogP contribution in [0.4, 0.5) is 5.69 Å². The fourth-order valence-corrected chi connectivity index (χ4v) is 1.93. The summed E-state index contributed by atoms with van der Waals surface area (Å²) in [7, 11) is 0. The van der Waals surface area contributed by atoms with Crippen molar-refractivity contribution in [1.29, 1.82) is 0 Å². The minimum atomic E-state index is -0.977. The van der Waals surface area contributed by atoms with Crippen LogP contribution in [0.1, 0.15) is 28.8 Å². The maximum Gasteiger partial charge on any atom is 0.335 e. The molecule has 0 aliphatic carbocycles. The van der Waals surface area contributed by atoms with Gasteiger partial charge < -0.3 is 15.2 Å². The van der Waals surface area contributed by atoms with Crippen LogP contribution in [0.25, 0.3) is 0 Å². The molecule has 1 aromatic rings. The fraction of sp³-hybridized carbons (Fsp3) is 0.385. The molecular formula is C13H15NO4. The Balaban J connectivity index is 2.09. The third kappa shape index (κ3) is 2.68. The second-order valence-corrected chi connectivity index (χ2v) is 4.33. The monoisotopic (exact) mass is 249 g/mol. The summed E-state index contributed by atoms with van der Waals surface area (Å²) >= 11 is 0. The van der Waals surface area contributed by atoms with Gasteiger partial charge >= 0.3 is 5.97 Å². The van der Waals surface area contributed by atoms with E-state index in [1.165, 1.54) is 12.1 Å². The topological polar surface area (TPSA) is 75.6 Å². The number of carbonyl (C=O) groups excluding carboxylic acids is 1. The van der Waals surface area contributed by atoms with E-state index < -0.39 is 5.97 Å². The van der Waals surface area contributed by atoms with E-state index in [4.69, 9.17) is 9.84 Å². The number of ether oxygens (including phenoxy) is 1. The van der Waals surface area contributed by atoms with E-state index >= 15 is 0 Å².